The first-order valence-corrected chi connectivity index (χ1v) is 10.5. The van der Waals surface area contributed by atoms with Gasteiger partial charge in [-0.15, -0.1) is 17.0 Å². The lowest BCUT2D eigenvalue weighted by atomic mass is 10.1. The van der Waals surface area contributed by atoms with Gasteiger partial charge in [0.2, 0.25) is 0 Å². The lowest BCUT2D eigenvalue weighted by Gasteiger charge is -2.05. The van der Waals surface area contributed by atoms with Crippen molar-refractivity contribution in [3.05, 3.63) is 70.6 Å². The van der Waals surface area contributed by atoms with Crippen LogP contribution in [0.1, 0.15) is 30.7 Å². The number of benzene rings is 2. The molecule has 0 bridgehead atoms. The van der Waals surface area contributed by atoms with Gasteiger partial charge in [0.05, 0.1) is 6.54 Å². The van der Waals surface area contributed by atoms with Gasteiger partial charge in [-0.2, -0.15) is 0 Å². The van der Waals surface area contributed by atoms with E-state index in [1.807, 2.05) is 31.2 Å². The Hall–Kier alpha value is -1.92. The topological polar surface area (TPSA) is 35.1 Å². The van der Waals surface area contributed by atoms with Gasteiger partial charge in [0.25, 0.3) is 5.82 Å². The summed E-state index contributed by atoms with van der Waals surface area (Å²) < 4.78 is 11.1. The number of ether oxygens (including phenoxy) is 1. The standard InChI is InChI=1S/C23H24BrN2O2.BrH/c1-17-6-12-20(13-7-17)28-23(27)16-25-15-21(18-8-10-19(24)11-9-18)26-14-4-2-3-5-22(25)26;/h6-13,15H,2-5,14,16H2,1H3;1H/q+1;. The number of aromatic nitrogens is 2. The van der Waals surface area contributed by atoms with Gasteiger partial charge >= 0.3 is 5.97 Å². The summed E-state index contributed by atoms with van der Waals surface area (Å²) in [7, 11) is 0. The van der Waals surface area contributed by atoms with Crippen molar-refractivity contribution in [1.29, 1.82) is 0 Å². The zero-order chi connectivity index (χ0) is 19.5. The number of rotatable bonds is 4. The molecule has 3 aromatic rings. The summed E-state index contributed by atoms with van der Waals surface area (Å²) in [5, 5.41) is 0. The highest BCUT2D eigenvalue weighted by atomic mass is 79.9. The van der Waals surface area contributed by atoms with E-state index in [1.54, 1.807) is 0 Å². The molecule has 4 nitrogen and oxygen atoms in total. The van der Waals surface area contributed by atoms with Crippen LogP contribution in [-0.2, 0) is 24.3 Å². The number of carbonyl (C=O) groups is 1. The van der Waals surface area contributed by atoms with Crippen molar-refractivity contribution in [1.82, 2.24) is 4.57 Å². The Morgan fingerprint density at radius 1 is 1.07 bits per heavy atom. The molecule has 1 aliphatic heterocycles. The average Bonchev–Trinajstić information content (AvgIpc) is 2.86. The lowest BCUT2D eigenvalue weighted by molar-refractivity contribution is -0.692. The Morgan fingerprint density at radius 3 is 2.52 bits per heavy atom. The third-order valence-electron chi connectivity index (χ3n) is 5.19. The van der Waals surface area contributed by atoms with Crippen LogP contribution in [0, 0.1) is 6.92 Å². The van der Waals surface area contributed by atoms with E-state index in [-0.39, 0.29) is 29.5 Å². The summed E-state index contributed by atoms with van der Waals surface area (Å²) in [5.74, 6) is 1.56. The summed E-state index contributed by atoms with van der Waals surface area (Å²) >= 11 is 3.51. The van der Waals surface area contributed by atoms with Gasteiger partial charge in [0.1, 0.15) is 11.9 Å². The number of carbonyl (C=O) groups excluding carboxylic acids is 1. The van der Waals surface area contributed by atoms with E-state index >= 15 is 0 Å². The molecule has 6 heteroatoms. The van der Waals surface area contributed by atoms with Crippen LogP contribution in [0.5, 0.6) is 5.75 Å². The molecule has 0 N–H and O–H groups in total. The maximum atomic E-state index is 12.6. The van der Waals surface area contributed by atoms with Crippen molar-refractivity contribution < 1.29 is 14.1 Å². The van der Waals surface area contributed by atoms with Gasteiger partial charge in [-0.1, -0.05) is 33.6 Å². The summed E-state index contributed by atoms with van der Waals surface area (Å²) in [6.07, 6.45) is 6.61. The Kier molecular flexibility index (Phi) is 7.30. The monoisotopic (exact) mass is 519 g/mol. The Bertz CT molecular complexity index is 979. The van der Waals surface area contributed by atoms with Crippen LogP contribution in [0.3, 0.4) is 0 Å². The minimum atomic E-state index is -0.242. The molecule has 0 amide bonds. The molecule has 152 valence electrons. The molecule has 2 aromatic carbocycles. The molecule has 4 rings (SSSR count). The van der Waals surface area contributed by atoms with E-state index in [0.717, 1.165) is 40.7 Å². The smallest absolute Gasteiger partial charge is 0.353 e. The van der Waals surface area contributed by atoms with Crippen molar-refractivity contribution in [2.45, 2.75) is 45.7 Å². The number of aryl methyl sites for hydroxylation is 1. The largest absolute Gasteiger partial charge is 0.424 e. The second-order valence-electron chi connectivity index (χ2n) is 7.31. The summed E-state index contributed by atoms with van der Waals surface area (Å²) in [6.45, 7) is 3.22. The number of hydrogen-bond donors (Lipinski definition) is 0. The second-order valence-corrected chi connectivity index (χ2v) is 8.23. The number of nitrogens with zero attached hydrogens (tertiary/aromatic N) is 2. The van der Waals surface area contributed by atoms with Gasteiger partial charge in [-0.25, -0.2) is 13.9 Å². The quantitative estimate of drug-likeness (QED) is 0.261. The molecular weight excluding hydrogens is 496 g/mol. The van der Waals surface area contributed by atoms with Crippen LogP contribution in [0.15, 0.2) is 59.2 Å². The van der Waals surface area contributed by atoms with Gasteiger partial charge in [0, 0.05) is 16.5 Å². The molecule has 0 atom stereocenters. The Morgan fingerprint density at radius 2 is 1.79 bits per heavy atom. The van der Waals surface area contributed by atoms with Crippen LogP contribution < -0.4 is 9.30 Å². The molecule has 1 aromatic heterocycles. The highest BCUT2D eigenvalue weighted by Gasteiger charge is 2.27. The Balaban J connectivity index is 0.00000240. The van der Waals surface area contributed by atoms with Crippen LogP contribution in [0.2, 0.25) is 0 Å². The van der Waals surface area contributed by atoms with Crippen LogP contribution in [0.4, 0.5) is 0 Å². The molecule has 0 spiro atoms. The van der Waals surface area contributed by atoms with Crippen molar-refractivity contribution in [3.8, 4) is 17.0 Å². The maximum absolute atomic E-state index is 12.6. The number of esters is 1. The first-order valence-electron chi connectivity index (χ1n) is 9.75. The summed E-state index contributed by atoms with van der Waals surface area (Å²) in [5.41, 5.74) is 3.47. The van der Waals surface area contributed by atoms with Crippen LogP contribution in [0.25, 0.3) is 11.3 Å². The van der Waals surface area contributed by atoms with Gasteiger partial charge in [0.15, 0.2) is 12.2 Å². The molecule has 0 aliphatic carbocycles. The first kappa shape index (κ1) is 21.8. The van der Waals surface area contributed by atoms with Crippen molar-refractivity contribution >= 4 is 38.9 Å². The molecule has 0 unspecified atom stereocenters. The SMILES string of the molecule is Br.Cc1ccc(OC(=O)C[n+]2cc(-c3ccc(Br)cc3)n3c2CCCCC3)cc1. The first-order chi connectivity index (χ1) is 13.6. The number of imidazole rings is 1. The fraction of sp³-hybridized carbons (Fsp3) is 0.304. The molecule has 0 radical (unpaired) electrons. The maximum Gasteiger partial charge on any atom is 0.353 e. The van der Waals surface area contributed by atoms with Crippen molar-refractivity contribution in [2.24, 2.45) is 0 Å². The number of hydrogen-bond acceptors (Lipinski definition) is 2. The van der Waals surface area contributed by atoms with Crippen molar-refractivity contribution in [3.63, 3.8) is 0 Å². The van der Waals surface area contributed by atoms with Gasteiger partial charge in [-0.05, 0) is 62.6 Å². The minimum absolute atomic E-state index is 0. The number of halogens is 2. The molecule has 2 heterocycles. The fourth-order valence-corrected chi connectivity index (χ4v) is 4.01. The number of fused-ring (bicyclic) bond motifs is 1. The predicted octanol–water partition coefficient (Wildman–Crippen LogP) is 5.42. The average molecular weight is 521 g/mol. The zero-order valence-corrected chi connectivity index (χ0v) is 19.7. The van der Waals surface area contributed by atoms with E-state index < -0.39 is 0 Å². The van der Waals surface area contributed by atoms with Gasteiger partial charge < -0.3 is 4.74 Å². The summed E-state index contributed by atoms with van der Waals surface area (Å²) in [4.78, 5) is 12.6. The highest BCUT2D eigenvalue weighted by Crippen LogP contribution is 2.25. The third-order valence-corrected chi connectivity index (χ3v) is 5.71. The molecular formula is C23H25Br2N2O2+. The minimum Gasteiger partial charge on any atom is -0.424 e. The Labute approximate surface area is 190 Å². The van der Waals surface area contributed by atoms with E-state index in [4.69, 9.17) is 4.74 Å². The third kappa shape index (κ3) is 5.17. The fourth-order valence-electron chi connectivity index (χ4n) is 3.74. The van der Waals surface area contributed by atoms with E-state index in [9.17, 15) is 4.79 Å². The molecule has 0 fully saturated rings. The zero-order valence-electron chi connectivity index (χ0n) is 16.4. The van der Waals surface area contributed by atoms with E-state index in [1.165, 1.54) is 18.7 Å². The highest BCUT2D eigenvalue weighted by molar-refractivity contribution is 9.10. The van der Waals surface area contributed by atoms with E-state index in [2.05, 4.69) is 55.5 Å². The molecule has 0 saturated carbocycles. The van der Waals surface area contributed by atoms with Gasteiger partial charge in [-0.3, -0.25) is 0 Å². The van der Waals surface area contributed by atoms with Crippen molar-refractivity contribution in [2.75, 3.05) is 0 Å². The van der Waals surface area contributed by atoms with Crippen LogP contribution in [-0.4, -0.2) is 10.5 Å². The predicted molar refractivity (Wildman–Crippen MR) is 122 cm³/mol. The summed E-state index contributed by atoms with van der Waals surface area (Å²) in [6, 6.07) is 15.9. The van der Waals surface area contributed by atoms with Crippen LogP contribution >= 0.6 is 32.9 Å². The molecule has 0 saturated heterocycles. The second kappa shape index (κ2) is 9.72. The lowest BCUT2D eigenvalue weighted by Crippen LogP contribution is -2.42. The van der Waals surface area contributed by atoms with E-state index in [0.29, 0.717) is 5.75 Å². The molecule has 29 heavy (non-hydrogen) atoms. The molecule has 1 aliphatic rings. The normalized spacial score (nSPS) is 13.2.